The maximum absolute atomic E-state index is 13.0. The fourth-order valence-corrected chi connectivity index (χ4v) is 1.33. The van der Waals surface area contributed by atoms with Gasteiger partial charge in [0, 0.05) is 5.02 Å². The lowest BCUT2D eigenvalue weighted by Gasteiger charge is -2.23. The zero-order valence-electron chi connectivity index (χ0n) is 8.26. The van der Waals surface area contributed by atoms with Crippen molar-refractivity contribution in [2.45, 2.75) is 12.0 Å². The molecule has 0 unspecified atom stereocenters. The van der Waals surface area contributed by atoms with Crippen molar-refractivity contribution in [1.29, 1.82) is 0 Å². The highest BCUT2D eigenvalue weighted by atomic mass is 35.5. The van der Waals surface area contributed by atoms with E-state index < -0.39 is 28.8 Å². The normalized spacial score (nSPS) is 12.3. The Morgan fingerprint density at radius 2 is 1.78 bits per heavy atom. The summed E-state index contributed by atoms with van der Waals surface area (Å²) in [6, 6.07) is 2.86. The van der Waals surface area contributed by atoms with E-state index >= 15 is 0 Å². The van der Waals surface area contributed by atoms with Crippen LogP contribution in [0.3, 0.4) is 0 Å². The van der Waals surface area contributed by atoms with Crippen LogP contribution in [0.25, 0.3) is 0 Å². The van der Waals surface area contributed by atoms with Crippen LogP contribution >= 0.6 is 23.2 Å². The van der Waals surface area contributed by atoms with Crippen LogP contribution in [0.2, 0.25) is 10.0 Å². The predicted molar refractivity (Wildman–Crippen MR) is 54.6 cm³/mol. The van der Waals surface area contributed by atoms with Crippen molar-refractivity contribution in [2.24, 2.45) is 0 Å². The molecule has 1 aromatic rings. The Hall–Kier alpha value is -1.21. The Labute approximate surface area is 108 Å². The number of ether oxygens (including phenoxy) is 1. The molecule has 0 bridgehead atoms. The summed E-state index contributed by atoms with van der Waals surface area (Å²) < 4.78 is 55.0. The van der Waals surface area contributed by atoms with Gasteiger partial charge in [-0.1, -0.05) is 23.2 Å². The van der Waals surface area contributed by atoms with Crippen molar-refractivity contribution in [3.63, 3.8) is 0 Å². The Morgan fingerprint density at radius 1 is 1.22 bits per heavy atom. The molecular formula is C9H4Cl2F4O3. The number of carboxylic acid groups (broad SMARTS) is 1. The van der Waals surface area contributed by atoms with Crippen LogP contribution in [0.1, 0.15) is 0 Å². The summed E-state index contributed by atoms with van der Waals surface area (Å²) in [5.74, 6) is -9.22. The lowest BCUT2D eigenvalue weighted by Crippen LogP contribution is -2.50. The summed E-state index contributed by atoms with van der Waals surface area (Å²) in [5, 5.41) is 7.62. The van der Waals surface area contributed by atoms with Crippen molar-refractivity contribution in [3.8, 4) is 5.75 Å². The van der Waals surface area contributed by atoms with Crippen molar-refractivity contribution in [2.75, 3.05) is 0 Å². The lowest BCUT2D eigenvalue weighted by molar-refractivity contribution is -0.301. The summed E-state index contributed by atoms with van der Waals surface area (Å²) in [7, 11) is 0. The molecule has 0 aromatic heterocycles. The third-order valence-electron chi connectivity index (χ3n) is 1.77. The third kappa shape index (κ3) is 2.78. The Morgan fingerprint density at radius 3 is 2.22 bits per heavy atom. The van der Waals surface area contributed by atoms with E-state index in [0.717, 1.165) is 18.2 Å². The van der Waals surface area contributed by atoms with E-state index in [2.05, 4.69) is 4.74 Å². The Balaban J connectivity index is 3.06. The van der Waals surface area contributed by atoms with Crippen LogP contribution in [-0.4, -0.2) is 23.1 Å². The Bertz CT molecular complexity index is 479. The minimum atomic E-state index is -5.39. The molecule has 1 rings (SSSR count). The van der Waals surface area contributed by atoms with Crippen molar-refractivity contribution in [1.82, 2.24) is 0 Å². The minimum absolute atomic E-state index is 0.0701. The Kier molecular flexibility index (Phi) is 3.97. The first-order chi connectivity index (χ1) is 8.08. The maximum atomic E-state index is 13.0. The van der Waals surface area contributed by atoms with E-state index in [1.165, 1.54) is 0 Å². The second kappa shape index (κ2) is 4.81. The number of hydrogen-bond donors (Lipinski definition) is 1. The first kappa shape index (κ1) is 14.8. The SMILES string of the molecule is O=C(O)C(F)(F)C(F)(F)Oc1ccc(Cl)cc1Cl. The van der Waals surface area contributed by atoms with Crippen molar-refractivity contribution < 1.29 is 32.2 Å². The van der Waals surface area contributed by atoms with Crippen LogP contribution in [0.5, 0.6) is 5.75 Å². The number of aliphatic carboxylic acids is 1. The fourth-order valence-electron chi connectivity index (χ4n) is 0.885. The molecule has 1 aromatic carbocycles. The average molecular weight is 307 g/mol. The predicted octanol–water partition coefficient (Wildman–Crippen LogP) is 3.68. The van der Waals surface area contributed by atoms with Gasteiger partial charge in [0.25, 0.3) is 0 Å². The molecule has 0 aliphatic carbocycles. The van der Waals surface area contributed by atoms with E-state index in [4.69, 9.17) is 28.3 Å². The molecule has 0 saturated heterocycles. The quantitative estimate of drug-likeness (QED) is 0.863. The number of alkyl halides is 4. The zero-order chi connectivity index (χ0) is 14.1. The fraction of sp³-hybridized carbons (Fsp3) is 0.222. The third-order valence-corrected chi connectivity index (χ3v) is 2.30. The monoisotopic (exact) mass is 306 g/mol. The molecule has 0 amide bonds. The van der Waals surface area contributed by atoms with Gasteiger partial charge < -0.3 is 9.84 Å². The van der Waals surface area contributed by atoms with Gasteiger partial charge >= 0.3 is 18.0 Å². The topological polar surface area (TPSA) is 46.5 Å². The second-order valence-corrected chi connectivity index (χ2v) is 3.92. The molecule has 18 heavy (non-hydrogen) atoms. The summed E-state index contributed by atoms with van der Waals surface area (Å²) in [6.07, 6.45) is -5.25. The molecule has 0 radical (unpaired) electrons. The molecule has 0 aliphatic heterocycles. The lowest BCUT2D eigenvalue weighted by atomic mass is 10.3. The van der Waals surface area contributed by atoms with Gasteiger partial charge in [0.2, 0.25) is 0 Å². The van der Waals surface area contributed by atoms with Gasteiger partial charge in [-0.05, 0) is 18.2 Å². The molecule has 1 N–H and O–H groups in total. The molecule has 3 nitrogen and oxygen atoms in total. The molecule has 0 fully saturated rings. The van der Waals surface area contributed by atoms with Crippen molar-refractivity contribution >= 4 is 29.2 Å². The van der Waals surface area contributed by atoms with E-state index in [0.29, 0.717) is 0 Å². The summed E-state index contributed by atoms with van der Waals surface area (Å²) >= 11 is 10.9. The molecule has 9 heteroatoms. The van der Waals surface area contributed by atoms with Gasteiger partial charge in [-0.25, -0.2) is 4.79 Å². The first-order valence-electron chi connectivity index (χ1n) is 4.21. The second-order valence-electron chi connectivity index (χ2n) is 3.07. The van der Waals surface area contributed by atoms with E-state index in [1.54, 1.807) is 0 Å². The van der Waals surface area contributed by atoms with Gasteiger partial charge in [-0.15, -0.1) is 0 Å². The minimum Gasteiger partial charge on any atom is -0.477 e. The molecule has 0 atom stereocenters. The molecule has 0 spiro atoms. The van der Waals surface area contributed by atoms with Crippen LogP contribution in [-0.2, 0) is 4.79 Å². The van der Waals surface area contributed by atoms with E-state index in [9.17, 15) is 22.4 Å². The van der Waals surface area contributed by atoms with Crippen molar-refractivity contribution in [3.05, 3.63) is 28.2 Å². The number of hydrogen-bond acceptors (Lipinski definition) is 2. The van der Waals surface area contributed by atoms with Gasteiger partial charge in [-0.2, -0.15) is 17.6 Å². The highest BCUT2D eigenvalue weighted by molar-refractivity contribution is 6.35. The first-order valence-corrected chi connectivity index (χ1v) is 4.96. The van der Waals surface area contributed by atoms with Gasteiger partial charge in [0.05, 0.1) is 5.02 Å². The van der Waals surface area contributed by atoms with E-state index in [-0.39, 0.29) is 5.02 Å². The number of carbonyl (C=O) groups is 1. The van der Waals surface area contributed by atoms with Gasteiger partial charge in [0.1, 0.15) is 5.75 Å². The number of benzene rings is 1. The summed E-state index contributed by atoms with van der Waals surface area (Å²) in [4.78, 5) is 10.0. The summed E-state index contributed by atoms with van der Waals surface area (Å²) in [5.41, 5.74) is 0. The van der Waals surface area contributed by atoms with Crippen LogP contribution < -0.4 is 4.74 Å². The average Bonchev–Trinajstić information content (AvgIpc) is 2.21. The van der Waals surface area contributed by atoms with Crippen LogP contribution in [0, 0.1) is 0 Å². The number of rotatable bonds is 4. The largest absolute Gasteiger partial charge is 0.477 e. The number of carboxylic acids is 1. The van der Waals surface area contributed by atoms with Crippen LogP contribution in [0.15, 0.2) is 18.2 Å². The van der Waals surface area contributed by atoms with Crippen LogP contribution in [0.4, 0.5) is 17.6 Å². The molecule has 0 heterocycles. The highest BCUT2D eigenvalue weighted by Gasteiger charge is 2.66. The summed E-state index contributed by atoms with van der Waals surface area (Å²) in [6.45, 7) is 0. The molecule has 100 valence electrons. The smallest absolute Gasteiger partial charge is 0.476 e. The maximum Gasteiger partial charge on any atom is 0.476 e. The molecular weight excluding hydrogens is 303 g/mol. The standard InChI is InChI=1S/C9H4Cl2F4O3/c10-4-1-2-6(5(11)3-4)18-9(14,15)8(12,13)7(16)17/h1-3H,(H,16,17). The van der Waals surface area contributed by atoms with E-state index in [1.807, 2.05) is 0 Å². The molecule has 0 saturated carbocycles. The van der Waals surface area contributed by atoms with Gasteiger partial charge in [-0.3, -0.25) is 0 Å². The zero-order valence-corrected chi connectivity index (χ0v) is 9.78. The highest BCUT2D eigenvalue weighted by Crippen LogP contribution is 2.39. The molecule has 0 aliphatic rings. The number of halogens is 6. The van der Waals surface area contributed by atoms with Gasteiger partial charge in [0.15, 0.2) is 0 Å².